The van der Waals surface area contributed by atoms with Gasteiger partial charge in [-0.1, -0.05) is 25.9 Å². The molecule has 1 fully saturated rings. The van der Waals surface area contributed by atoms with Gasteiger partial charge in [0.25, 0.3) is 14.2 Å². The van der Waals surface area contributed by atoms with Crippen LogP contribution < -0.4 is 14.5 Å². The van der Waals surface area contributed by atoms with Gasteiger partial charge in [0.15, 0.2) is 18.0 Å². The summed E-state index contributed by atoms with van der Waals surface area (Å²) in [7, 11) is -2.57. The summed E-state index contributed by atoms with van der Waals surface area (Å²) in [5, 5.41) is 5.85. The van der Waals surface area contributed by atoms with E-state index in [1.54, 1.807) is 0 Å². The van der Waals surface area contributed by atoms with E-state index < -0.39 is 75.4 Å². The Kier molecular flexibility index (Phi) is 15.3. The highest BCUT2D eigenvalue weighted by Crippen LogP contribution is 2.41. The van der Waals surface area contributed by atoms with Gasteiger partial charge in [-0.3, -0.25) is 24.0 Å². The molecule has 2 rings (SSSR count). The predicted octanol–water partition coefficient (Wildman–Crippen LogP) is 3.59. The zero-order valence-electron chi connectivity index (χ0n) is 29.3. The second kappa shape index (κ2) is 18.4. The summed E-state index contributed by atoms with van der Waals surface area (Å²) in [5.41, 5.74) is 8.58. The Balaban J connectivity index is 2.54. The first-order valence-electron chi connectivity index (χ1n) is 15.5. The molecule has 0 unspecified atom stereocenters. The van der Waals surface area contributed by atoms with E-state index >= 15 is 0 Å². The van der Waals surface area contributed by atoms with Crippen molar-refractivity contribution in [1.82, 2.24) is 5.32 Å². The van der Waals surface area contributed by atoms with Crippen molar-refractivity contribution >= 4 is 38.1 Å². The largest absolute Gasteiger partial charge is 0.541 e. The van der Waals surface area contributed by atoms with Crippen LogP contribution in [0.3, 0.4) is 0 Å². The van der Waals surface area contributed by atoms with Gasteiger partial charge in [-0.25, -0.2) is 0 Å². The van der Waals surface area contributed by atoms with E-state index in [1.807, 2.05) is 33.9 Å². The third kappa shape index (κ3) is 12.9. The predicted molar refractivity (Wildman–Crippen MR) is 174 cm³/mol. The molecule has 0 bridgehead atoms. The SMILES string of the molecule is CC(=O)OC[C@H]1O[C@@H](Oc2ccc(C(=O)NCCOCCN=[N+]=[N-])cc2O[Si](C)(C)C(C)(C)C)[C@H](OC(C)=O)[C@@H](OC(C)=O)[C@H]1OC(C)=O. The van der Waals surface area contributed by atoms with Gasteiger partial charge in [-0.15, -0.1) is 0 Å². The van der Waals surface area contributed by atoms with Crippen molar-refractivity contribution in [3.05, 3.63) is 34.2 Å². The normalized spacial score (nSPS) is 20.6. The van der Waals surface area contributed by atoms with Crippen LogP contribution in [0.5, 0.6) is 11.5 Å². The Bertz CT molecular complexity index is 1390. The van der Waals surface area contributed by atoms with Crippen LogP contribution >= 0.6 is 0 Å². The van der Waals surface area contributed by atoms with Crippen LogP contribution in [0, 0.1) is 0 Å². The summed E-state index contributed by atoms with van der Waals surface area (Å²) < 4.78 is 45.9. The lowest BCUT2D eigenvalue weighted by atomic mass is 9.98. The van der Waals surface area contributed by atoms with E-state index in [1.165, 1.54) is 25.1 Å². The van der Waals surface area contributed by atoms with Crippen molar-refractivity contribution < 1.29 is 61.6 Å². The van der Waals surface area contributed by atoms with Gasteiger partial charge < -0.3 is 42.9 Å². The monoisotopic (exact) mass is 710 g/mol. The Hall–Kier alpha value is -4.38. The number of carbonyl (C=O) groups is 5. The minimum absolute atomic E-state index is 0.0867. The molecule has 1 saturated heterocycles. The molecule has 1 amide bonds. The van der Waals surface area contributed by atoms with Gasteiger partial charge in [0.1, 0.15) is 18.5 Å². The fourth-order valence-corrected chi connectivity index (χ4v) is 5.27. The van der Waals surface area contributed by atoms with Crippen LogP contribution in [0.1, 0.15) is 58.8 Å². The van der Waals surface area contributed by atoms with Gasteiger partial charge in [-0.2, -0.15) is 0 Å². The molecule has 0 aromatic heterocycles. The van der Waals surface area contributed by atoms with Crippen molar-refractivity contribution in [2.45, 2.75) is 97.3 Å². The second-order valence-corrected chi connectivity index (χ2v) is 17.3. The summed E-state index contributed by atoms with van der Waals surface area (Å²) in [4.78, 5) is 64.0. The lowest BCUT2D eigenvalue weighted by Gasteiger charge is -2.44. The van der Waals surface area contributed by atoms with E-state index in [4.69, 9.17) is 43.1 Å². The molecule has 18 heteroatoms. The number of nitrogens with zero attached hydrogens (tertiary/aromatic N) is 3. The van der Waals surface area contributed by atoms with Gasteiger partial charge in [-0.05, 0) is 41.9 Å². The minimum atomic E-state index is -2.57. The molecular formula is C31H46N4O13Si. The molecule has 17 nitrogen and oxygen atoms in total. The maximum absolute atomic E-state index is 13.1. The van der Waals surface area contributed by atoms with Gasteiger partial charge in [0.2, 0.25) is 12.4 Å². The van der Waals surface area contributed by atoms with E-state index in [0.29, 0.717) is 0 Å². The molecule has 0 radical (unpaired) electrons. The molecule has 5 atom stereocenters. The number of carbonyl (C=O) groups excluding carboxylic acids is 5. The lowest BCUT2D eigenvalue weighted by Crippen LogP contribution is -2.63. The van der Waals surface area contributed by atoms with Crippen molar-refractivity contribution in [2.75, 3.05) is 32.9 Å². The Morgan fingerprint density at radius 2 is 1.51 bits per heavy atom. The molecule has 1 N–H and O–H groups in total. The van der Waals surface area contributed by atoms with E-state index in [9.17, 15) is 24.0 Å². The number of hydrogen-bond donors (Lipinski definition) is 1. The third-order valence-electron chi connectivity index (χ3n) is 7.50. The average Bonchev–Trinajstić information content (AvgIpc) is 2.98. The van der Waals surface area contributed by atoms with Crippen LogP contribution in [-0.4, -0.2) is 102 Å². The van der Waals surface area contributed by atoms with Gasteiger partial charge >= 0.3 is 23.9 Å². The highest BCUT2D eigenvalue weighted by Gasteiger charge is 2.53. The summed E-state index contributed by atoms with van der Waals surface area (Å²) in [6, 6.07) is 4.46. The Morgan fingerprint density at radius 3 is 2.08 bits per heavy atom. The molecular weight excluding hydrogens is 664 g/mol. The highest BCUT2D eigenvalue weighted by molar-refractivity contribution is 6.74. The van der Waals surface area contributed by atoms with Gasteiger partial charge in [0.05, 0.1) is 13.2 Å². The fraction of sp³-hybridized carbons (Fsp3) is 0.645. The van der Waals surface area contributed by atoms with Crippen molar-refractivity contribution in [2.24, 2.45) is 5.11 Å². The fourth-order valence-electron chi connectivity index (χ4n) is 4.25. The number of esters is 4. The maximum Gasteiger partial charge on any atom is 0.303 e. The standard InChI is InChI=1S/C31H46N4O13Si/c1-18(36)42-17-25-26(43-19(2)37)27(44-20(3)38)28(45-21(4)39)30(47-25)46-23-11-10-22(16-24(23)48-49(8,9)31(5,6)7)29(40)33-12-14-41-15-13-34-35-32/h10-11,16,25-28,30H,12-15,17H2,1-9H3,(H,33,40)/t25-,26+,27+,28-,30-/m1/s1. The molecule has 0 saturated carbocycles. The van der Waals surface area contributed by atoms with Crippen molar-refractivity contribution in [1.29, 1.82) is 0 Å². The number of ether oxygens (including phenoxy) is 7. The molecule has 0 spiro atoms. The van der Waals surface area contributed by atoms with Crippen molar-refractivity contribution in [3.8, 4) is 11.5 Å². The lowest BCUT2D eigenvalue weighted by molar-refractivity contribution is -0.288. The number of nitrogens with one attached hydrogen (secondary N) is 1. The molecule has 1 aromatic rings. The van der Waals surface area contributed by atoms with E-state index in [2.05, 4.69) is 15.3 Å². The van der Waals surface area contributed by atoms with Crippen LogP contribution in [0.15, 0.2) is 23.3 Å². The zero-order valence-corrected chi connectivity index (χ0v) is 30.3. The van der Waals surface area contributed by atoms with E-state index in [-0.39, 0.29) is 48.4 Å². The maximum atomic E-state index is 13.1. The van der Waals surface area contributed by atoms with E-state index in [0.717, 1.165) is 20.8 Å². The quantitative estimate of drug-likeness (QED) is 0.0494. The molecule has 1 aromatic carbocycles. The highest BCUT2D eigenvalue weighted by atomic mass is 28.4. The summed E-state index contributed by atoms with van der Waals surface area (Å²) >= 11 is 0. The molecule has 1 aliphatic heterocycles. The smallest absolute Gasteiger partial charge is 0.303 e. The molecule has 272 valence electrons. The second-order valence-electron chi connectivity index (χ2n) is 12.5. The molecule has 49 heavy (non-hydrogen) atoms. The van der Waals surface area contributed by atoms with Crippen LogP contribution in [0.25, 0.3) is 10.4 Å². The Labute approximate surface area is 285 Å². The number of benzene rings is 1. The number of amides is 1. The first-order chi connectivity index (χ1) is 22.9. The molecule has 0 aliphatic carbocycles. The molecule has 1 aliphatic rings. The summed E-state index contributed by atoms with van der Waals surface area (Å²) in [6.45, 7) is 14.9. The number of rotatable bonds is 16. The van der Waals surface area contributed by atoms with Crippen LogP contribution in [0.4, 0.5) is 0 Å². The minimum Gasteiger partial charge on any atom is -0.541 e. The Morgan fingerprint density at radius 1 is 0.898 bits per heavy atom. The van der Waals surface area contributed by atoms with Crippen LogP contribution in [0.2, 0.25) is 18.1 Å². The summed E-state index contributed by atoms with van der Waals surface area (Å²) in [5.74, 6) is -3.17. The average molecular weight is 711 g/mol. The van der Waals surface area contributed by atoms with Crippen LogP contribution in [-0.2, 0) is 47.6 Å². The zero-order chi connectivity index (χ0) is 36.9. The number of hydrogen-bond acceptors (Lipinski definition) is 14. The first-order valence-corrected chi connectivity index (χ1v) is 18.4. The first kappa shape index (κ1) is 40.8. The van der Waals surface area contributed by atoms with Gasteiger partial charge in [0, 0.05) is 51.3 Å². The van der Waals surface area contributed by atoms with Crippen molar-refractivity contribution in [3.63, 3.8) is 0 Å². The molecule has 1 heterocycles. The summed E-state index contributed by atoms with van der Waals surface area (Å²) in [6.07, 6.45) is -7.00. The topological polar surface area (TPSA) is 220 Å². The third-order valence-corrected chi connectivity index (χ3v) is 11.8. The number of azide groups is 1.